The maximum atomic E-state index is 5.08. The monoisotopic (exact) mass is 475 g/mol. The lowest BCUT2D eigenvalue weighted by Gasteiger charge is -2.18. The first-order valence-corrected chi connectivity index (χ1v) is 8.73. The molecule has 2 heterocycles. The Balaban J connectivity index is 0.00000338. The van der Waals surface area contributed by atoms with Gasteiger partial charge in [-0.2, -0.15) is 0 Å². The van der Waals surface area contributed by atoms with Gasteiger partial charge in [0.2, 0.25) is 0 Å². The van der Waals surface area contributed by atoms with E-state index in [1.165, 1.54) is 0 Å². The summed E-state index contributed by atoms with van der Waals surface area (Å²) in [7, 11) is 3.85. The molecule has 0 radical (unpaired) electrons. The van der Waals surface area contributed by atoms with E-state index in [1.54, 1.807) is 7.11 Å². The van der Waals surface area contributed by atoms with Crippen LogP contribution in [0.25, 0.3) is 5.65 Å². The average molecular weight is 475 g/mol. The van der Waals surface area contributed by atoms with Crippen LogP contribution in [-0.4, -0.2) is 72.4 Å². The van der Waals surface area contributed by atoms with E-state index >= 15 is 0 Å². The molecule has 0 aliphatic carbocycles. The number of methoxy groups -OCH3 is 1. The SMILES string of the molecule is CCNC(=NCc1nnc2ccccn12)NCCN(C)CCCOC.I. The Bertz CT molecular complexity index is 661. The van der Waals surface area contributed by atoms with Gasteiger partial charge in [0.05, 0.1) is 0 Å². The number of aromatic nitrogens is 3. The number of ether oxygens (including phenoxy) is 1. The molecule has 0 unspecified atom stereocenters. The molecule has 26 heavy (non-hydrogen) atoms. The van der Waals surface area contributed by atoms with E-state index in [4.69, 9.17) is 4.74 Å². The zero-order chi connectivity index (χ0) is 17.9. The highest BCUT2D eigenvalue weighted by Gasteiger charge is 2.05. The van der Waals surface area contributed by atoms with E-state index in [2.05, 4.69) is 44.7 Å². The van der Waals surface area contributed by atoms with Crippen LogP contribution in [0.4, 0.5) is 0 Å². The Morgan fingerprint density at radius 2 is 2.12 bits per heavy atom. The predicted octanol–water partition coefficient (Wildman–Crippen LogP) is 1.37. The van der Waals surface area contributed by atoms with Crippen LogP contribution >= 0.6 is 24.0 Å². The van der Waals surface area contributed by atoms with Gasteiger partial charge in [-0.3, -0.25) is 4.40 Å². The molecule has 0 aliphatic rings. The van der Waals surface area contributed by atoms with E-state index in [0.29, 0.717) is 6.54 Å². The molecular weight excluding hydrogens is 445 g/mol. The first-order chi connectivity index (χ1) is 12.2. The number of fused-ring (bicyclic) bond motifs is 1. The summed E-state index contributed by atoms with van der Waals surface area (Å²) in [6.45, 7) is 6.95. The summed E-state index contributed by atoms with van der Waals surface area (Å²) < 4.78 is 7.04. The van der Waals surface area contributed by atoms with Gasteiger partial charge < -0.3 is 20.3 Å². The van der Waals surface area contributed by atoms with Gasteiger partial charge >= 0.3 is 0 Å². The number of halogens is 1. The Labute approximate surface area is 172 Å². The Morgan fingerprint density at radius 1 is 1.27 bits per heavy atom. The van der Waals surface area contributed by atoms with Crippen LogP contribution < -0.4 is 10.6 Å². The van der Waals surface area contributed by atoms with E-state index in [-0.39, 0.29) is 24.0 Å². The maximum Gasteiger partial charge on any atom is 0.191 e. The third-order valence-electron chi connectivity index (χ3n) is 3.78. The van der Waals surface area contributed by atoms with Gasteiger partial charge in [-0.25, -0.2) is 4.99 Å². The summed E-state index contributed by atoms with van der Waals surface area (Å²) in [5.74, 6) is 1.62. The summed E-state index contributed by atoms with van der Waals surface area (Å²) >= 11 is 0. The van der Waals surface area contributed by atoms with Gasteiger partial charge in [-0.1, -0.05) is 6.07 Å². The summed E-state index contributed by atoms with van der Waals surface area (Å²) in [4.78, 5) is 6.89. The molecule has 0 saturated heterocycles. The fraction of sp³-hybridized carbons (Fsp3) is 0.588. The van der Waals surface area contributed by atoms with Crippen molar-refractivity contribution in [3.63, 3.8) is 0 Å². The van der Waals surface area contributed by atoms with Crippen molar-refractivity contribution in [2.45, 2.75) is 19.9 Å². The van der Waals surface area contributed by atoms with Crippen molar-refractivity contribution in [1.29, 1.82) is 0 Å². The Hall–Kier alpha value is -1.46. The minimum absolute atomic E-state index is 0. The first kappa shape index (κ1) is 22.6. The van der Waals surface area contributed by atoms with Crippen molar-refractivity contribution in [2.24, 2.45) is 4.99 Å². The minimum Gasteiger partial charge on any atom is -0.385 e. The lowest BCUT2D eigenvalue weighted by Crippen LogP contribution is -2.41. The number of nitrogens with zero attached hydrogens (tertiary/aromatic N) is 5. The highest BCUT2D eigenvalue weighted by molar-refractivity contribution is 14.0. The number of rotatable bonds is 10. The van der Waals surface area contributed by atoms with Gasteiger partial charge in [0.15, 0.2) is 17.4 Å². The van der Waals surface area contributed by atoms with Crippen molar-refractivity contribution >= 4 is 35.6 Å². The van der Waals surface area contributed by atoms with Crippen molar-refractivity contribution in [3.8, 4) is 0 Å². The zero-order valence-electron chi connectivity index (χ0n) is 15.8. The zero-order valence-corrected chi connectivity index (χ0v) is 18.1. The van der Waals surface area contributed by atoms with Crippen LogP contribution in [0.3, 0.4) is 0 Å². The van der Waals surface area contributed by atoms with Gasteiger partial charge in [0.1, 0.15) is 6.54 Å². The number of likely N-dealkylation sites (N-methyl/N-ethyl adjacent to an activating group) is 1. The molecule has 146 valence electrons. The number of guanidine groups is 1. The minimum atomic E-state index is 0. The Morgan fingerprint density at radius 3 is 2.88 bits per heavy atom. The highest BCUT2D eigenvalue weighted by Crippen LogP contribution is 2.03. The number of hydrogen-bond donors (Lipinski definition) is 2. The van der Waals surface area contributed by atoms with E-state index in [1.807, 2.05) is 28.8 Å². The van der Waals surface area contributed by atoms with Gasteiger partial charge in [0.25, 0.3) is 0 Å². The molecule has 2 rings (SSSR count). The first-order valence-electron chi connectivity index (χ1n) is 8.73. The van der Waals surface area contributed by atoms with Crippen molar-refractivity contribution in [1.82, 2.24) is 30.1 Å². The fourth-order valence-electron chi connectivity index (χ4n) is 2.45. The molecule has 0 saturated carbocycles. The predicted molar refractivity (Wildman–Crippen MR) is 115 cm³/mol. The summed E-state index contributed by atoms with van der Waals surface area (Å²) in [5.41, 5.74) is 0.836. The fourth-order valence-corrected chi connectivity index (χ4v) is 2.45. The van der Waals surface area contributed by atoms with E-state index in [0.717, 1.165) is 56.6 Å². The highest BCUT2D eigenvalue weighted by atomic mass is 127. The van der Waals surface area contributed by atoms with Crippen molar-refractivity contribution < 1.29 is 4.74 Å². The van der Waals surface area contributed by atoms with Crippen molar-refractivity contribution in [2.75, 3.05) is 46.9 Å². The maximum absolute atomic E-state index is 5.08. The molecule has 0 amide bonds. The van der Waals surface area contributed by atoms with Crippen LogP contribution in [0, 0.1) is 0 Å². The van der Waals surface area contributed by atoms with Gasteiger partial charge in [-0.05, 0) is 32.5 Å². The third-order valence-corrected chi connectivity index (χ3v) is 3.78. The molecule has 0 bridgehead atoms. The van der Waals surface area contributed by atoms with Gasteiger partial charge in [-0.15, -0.1) is 34.2 Å². The van der Waals surface area contributed by atoms with Crippen molar-refractivity contribution in [3.05, 3.63) is 30.2 Å². The quantitative estimate of drug-likeness (QED) is 0.234. The molecule has 8 nitrogen and oxygen atoms in total. The lowest BCUT2D eigenvalue weighted by atomic mass is 10.4. The molecule has 0 atom stereocenters. The van der Waals surface area contributed by atoms with Gasteiger partial charge in [0, 0.05) is 46.1 Å². The number of pyridine rings is 1. The molecule has 2 N–H and O–H groups in total. The lowest BCUT2D eigenvalue weighted by molar-refractivity contribution is 0.180. The standard InChI is InChI=1S/C17H29N7O.HI/c1-4-18-17(19-9-12-23(2)10-7-13-25-3)20-14-16-22-21-15-8-5-6-11-24(15)16;/h5-6,8,11H,4,7,9-10,12-14H2,1-3H3,(H2,18,19,20);1H. The number of hydrogen-bond acceptors (Lipinski definition) is 5. The molecule has 0 fully saturated rings. The topological polar surface area (TPSA) is 79.1 Å². The smallest absolute Gasteiger partial charge is 0.191 e. The Kier molecular flexibility index (Phi) is 11.1. The second-order valence-corrected chi connectivity index (χ2v) is 5.82. The average Bonchev–Trinajstić information content (AvgIpc) is 3.03. The normalized spacial score (nSPS) is 11.6. The number of aliphatic imine (C=N–C) groups is 1. The summed E-state index contributed by atoms with van der Waals surface area (Å²) in [5, 5.41) is 15.0. The molecular formula is C17H30IN7O. The van der Waals surface area contributed by atoms with Crippen LogP contribution in [0.5, 0.6) is 0 Å². The largest absolute Gasteiger partial charge is 0.385 e. The summed E-state index contributed by atoms with van der Waals surface area (Å²) in [6.07, 6.45) is 3.00. The molecule has 9 heteroatoms. The van der Waals surface area contributed by atoms with Crippen LogP contribution in [0.1, 0.15) is 19.2 Å². The molecule has 0 aromatic carbocycles. The van der Waals surface area contributed by atoms with Crippen LogP contribution in [0.15, 0.2) is 29.4 Å². The van der Waals surface area contributed by atoms with Crippen LogP contribution in [0.2, 0.25) is 0 Å². The van der Waals surface area contributed by atoms with E-state index < -0.39 is 0 Å². The van der Waals surface area contributed by atoms with Crippen LogP contribution in [-0.2, 0) is 11.3 Å². The second kappa shape index (κ2) is 12.8. The molecule has 0 aliphatic heterocycles. The summed E-state index contributed by atoms with van der Waals surface area (Å²) in [6, 6.07) is 5.85. The third kappa shape index (κ3) is 7.42. The molecule has 0 spiro atoms. The second-order valence-electron chi connectivity index (χ2n) is 5.82. The molecule has 2 aromatic heterocycles. The number of nitrogens with one attached hydrogen (secondary N) is 2. The van der Waals surface area contributed by atoms with E-state index in [9.17, 15) is 0 Å². The molecule has 2 aromatic rings.